The first-order valence-corrected chi connectivity index (χ1v) is 5.38. The normalized spacial score (nSPS) is 31.4. The van der Waals surface area contributed by atoms with Gasteiger partial charge in [-0.15, -0.1) is 0 Å². The Labute approximate surface area is 89.2 Å². The lowest BCUT2D eigenvalue weighted by Gasteiger charge is -2.22. The van der Waals surface area contributed by atoms with Crippen molar-refractivity contribution >= 4 is 11.9 Å². The van der Waals surface area contributed by atoms with E-state index in [-0.39, 0.29) is 11.9 Å². The van der Waals surface area contributed by atoms with Crippen molar-refractivity contribution in [3.05, 3.63) is 0 Å². The van der Waals surface area contributed by atoms with Crippen LogP contribution in [0.5, 0.6) is 0 Å². The summed E-state index contributed by atoms with van der Waals surface area (Å²) in [4.78, 5) is 24.9. The molecule has 0 aromatic rings. The van der Waals surface area contributed by atoms with Gasteiger partial charge in [0.05, 0.1) is 0 Å². The van der Waals surface area contributed by atoms with Crippen LogP contribution in [0.25, 0.3) is 0 Å². The fourth-order valence-electron chi connectivity index (χ4n) is 2.38. The van der Waals surface area contributed by atoms with Gasteiger partial charge < -0.3 is 10.2 Å². The van der Waals surface area contributed by atoms with E-state index in [0.29, 0.717) is 12.5 Å². The largest absolute Gasteiger partial charge is 0.322 e. The third-order valence-corrected chi connectivity index (χ3v) is 2.99. The zero-order valence-electron chi connectivity index (χ0n) is 9.17. The molecule has 0 aromatic carbocycles. The first kappa shape index (κ1) is 10.4. The van der Waals surface area contributed by atoms with Crippen LogP contribution >= 0.6 is 0 Å². The van der Waals surface area contributed by atoms with Crippen LogP contribution in [0.15, 0.2) is 0 Å². The maximum absolute atomic E-state index is 11.6. The average Bonchev–Trinajstić information content (AvgIpc) is 2.58. The lowest BCUT2D eigenvalue weighted by atomic mass is 9.99. The van der Waals surface area contributed by atoms with Crippen molar-refractivity contribution in [1.82, 2.24) is 15.5 Å². The van der Waals surface area contributed by atoms with Gasteiger partial charge in [0, 0.05) is 19.6 Å². The van der Waals surface area contributed by atoms with Crippen molar-refractivity contribution in [2.45, 2.75) is 25.8 Å². The Hall–Kier alpha value is -1.10. The van der Waals surface area contributed by atoms with Gasteiger partial charge in [0.2, 0.25) is 0 Å². The van der Waals surface area contributed by atoms with E-state index >= 15 is 0 Å². The number of imide groups is 1. The van der Waals surface area contributed by atoms with Crippen LogP contribution in [0.3, 0.4) is 0 Å². The van der Waals surface area contributed by atoms with E-state index in [4.69, 9.17) is 0 Å². The Kier molecular flexibility index (Phi) is 2.42. The Bertz CT molecular complexity index is 303. The molecular weight excluding hydrogens is 194 g/mol. The summed E-state index contributed by atoms with van der Waals surface area (Å²) >= 11 is 0. The summed E-state index contributed by atoms with van der Waals surface area (Å²) in [6.07, 6.45) is 0.720. The predicted octanol–water partition coefficient (Wildman–Crippen LogP) is -0.0737. The molecule has 2 saturated heterocycles. The molecule has 3 amide bonds. The van der Waals surface area contributed by atoms with E-state index in [1.165, 1.54) is 0 Å². The Balaban J connectivity index is 2.02. The number of carbonyl (C=O) groups is 2. The highest BCUT2D eigenvalue weighted by Crippen LogP contribution is 2.24. The van der Waals surface area contributed by atoms with Crippen LogP contribution in [0.2, 0.25) is 0 Å². The standard InChI is InChI=1S/C10H17N3O2/c1-7(2)5-13-4-3-10(6-13)8(14)11-9(15)12-10/h7H,3-6H2,1-2H3,(H2,11,12,14,15). The summed E-state index contributed by atoms with van der Waals surface area (Å²) in [6, 6.07) is -0.355. The zero-order valence-corrected chi connectivity index (χ0v) is 9.17. The number of nitrogens with one attached hydrogen (secondary N) is 2. The molecule has 2 N–H and O–H groups in total. The van der Waals surface area contributed by atoms with E-state index in [1.54, 1.807) is 0 Å². The maximum Gasteiger partial charge on any atom is 0.322 e. The van der Waals surface area contributed by atoms with Gasteiger partial charge in [-0.3, -0.25) is 10.1 Å². The van der Waals surface area contributed by atoms with Crippen LogP contribution in [0.4, 0.5) is 4.79 Å². The molecule has 0 saturated carbocycles. The number of hydrogen-bond donors (Lipinski definition) is 2. The molecule has 2 heterocycles. The van der Waals surface area contributed by atoms with Crippen LogP contribution in [-0.2, 0) is 4.79 Å². The second kappa shape index (κ2) is 3.48. The fourth-order valence-corrected chi connectivity index (χ4v) is 2.38. The van der Waals surface area contributed by atoms with Gasteiger partial charge in [-0.1, -0.05) is 13.8 Å². The summed E-state index contributed by atoms with van der Waals surface area (Å²) in [5.41, 5.74) is -0.647. The molecule has 84 valence electrons. The molecule has 2 fully saturated rings. The molecule has 0 radical (unpaired) electrons. The lowest BCUT2D eigenvalue weighted by molar-refractivity contribution is -0.123. The van der Waals surface area contributed by atoms with Crippen molar-refractivity contribution in [3.8, 4) is 0 Å². The van der Waals surface area contributed by atoms with Crippen LogP contribution in [-0.4, -0.2) is 42.0 Å². The molecule has 15 heavy (non-hydrogen) atoms. The second-order valence-electron chi connectivity index (χ2n) is 4.87. The molecular formula is C10H17N3O2. The Morgan fingerprint density at radius 1 is 1.47 bits per heavy atom. The molecule has 1 unspecified atom stereocenters. The third-order valence-electron chi connectivity index (χ3n) is 2.99. The van der Waals surface area contributed by atoms with Gasteiger partial charge in [0.1, 0.15) is 5.54 Å². The average molecular weight is 211 g/mol. The minimum Gasteiger partial charge on any atom is -0.322 e. The van der Waals surface area contributed by atoms with Crippen molar-refractivity contribution in [2.75, 3.05) is 19.6 Å². The summed E-state index contributed by atoms with van der Waals surface area (Å²) in [5.74, 6) is 0.416. The second-order valence-corrected chi connectivity index (χ2v) is 4.87. The summed E-state index contributed by atoms with van der Waals surface area (Å²) < 4.78 is 0. The molecule has 0 aliphatic carbocycles. The number of rotatable bonds is 2. The van der Waals surface area contributed by atoms with Crippen molar-refractivity contribution < 1.29 is 9.59 Å². The SMILES string of the molecule is CC(C)CN1CCC2(C1)NC(=O)NC2=O. The highest BCUT2D eigenvalue weighted by Gasteiger charge is 2.50. The van der Waals surface area contributed by atoms with Gasteiger partial charge in [-0.2, -0.15) is 0 Å². The lowest BCUT2D eigenvalue weighted by Crippen LogP contribution is -2.49. The predicted molar refractivity (Wildman–Crippen MR) is 55.3 cm³/mol. The van der Waals surface area contributed by atoms with Gasteiger partial charge >= 0.3 is 6.03 Å². The molecule has 0 bridgehead atoms. The molecule has 1 spiro atoms. The number of carbonyl (C=O) groups excluding carboxylic acids is 2. The highest BCUT2D eigenvalue weighted by atomic mass is 16.2. The number of nitrogens with zero attached hydrogens (tertiary/aromatic N) is 1. The highest BCUT2D eigenvalue weighted by molar-refractivity contribution is 6.07. The van der Waals surface area contributed by atoms with E-state index in [2.05, 4.69) is 29.4 Å². The molecule has 0 aromatic heterocycles. The smallest absolute Gasteiger partial charge is 0.322 e. The Morgan fingerprint density at radius 2 is 2.20 bits per heavy atom. The van der Waals surface area contributed by atoms with Gasteiger partial charge in [0.25, 0.3) is 5.91 Å². The quantitative estimate of drug-likeness (QED) is 0.628. The van der Waals surface area contributed by atoms with Crippen LogP contribution in [0, 0.1) is 5.92 Å². The van der Waals surface area contributed by atoms with Crippen molar-refractivity contribution in [3.63, 3.8) is 0 Å². The fraction of sp³-hybridized carbons (Fsp3) is 0.800. The van der Waals surface area contributed by atoms with Crippen LogP contribution in [0.1, 0.15) is 20.3 Å². The Morgan fingerprint density at radius 3 is 2.73 bits per heavy atom. The minimum absolute atomic E-state index is 0.168. The molecule has 5 heteroatoms. The summed E-state index contributed by atoms with van der Waals surface area (Å²) in [5, 5.41) is 5.05. The first-order chi connectivity index (χ1) is 7.02. The summed E-state index contributed by atoms with van der Waals surface area (Å²) in [6.45, 7) is 6.80. The third kappa shape index (κ3) is 1.84. The molecule has 2 aliphatic rings. The van der Waals surface area contributed by atoms with Crippen molar-refractivity contribution in [2.24, 2.45) is 5.92 Å². The number of likely N-dealkylation sites (tertiary alicyclic amines) is 1. The van der Waals surface area contributed by atoms with Gasteiger partial charge in [-0.05, 0) is 12.3 Å². The minimum atomic E-state index is -0.647. The molecule has 5 nitrogen and oxygen atoms in total. The van der Waals surface area contributed by atoms with Crippen LogP contribution < -0.4 is 10.6 Å². The first-order valence-electron chi connectivity index (χ1n) is 5.38. The summed E-state index contributed by atoms with van der Waals surface area (Å²) in [7, 11) is 0. The van der Waals surface area contributed by atoms with E-state index < -0.39 is 5.54 Å². The molecule has 2 rings (SSSR count). The number of amides is 3. The van der Waals surface area contributed by atoms with Gasteiger partial charge in [0.15, 0.2) is 0 Å². The molecule has 2 aliphatic heterocycles. The molecule has 1 atom stereocenters. The number of hydrogen-bond acceptors (Lipinski definition) is 3. The van der Waals surface area contributed by atoms with E-state index in [1.807, 2.05) is 0 Å². The van der Waals surface area contributed by atoms with E-state index in [9.17, 15) is 9.59 Å². The van der Waals surface area contributed by atoms with Gasteiger partial charge in [-0.25, -0.2) is 4.79 Å². The topological polar surface area (TPSA) is 61.4 Å². The monoisotopic (exact) mass is 211 g/mol. The van der Waals surface area contributed by atoms with E-state index in [0.717, 1.165) is 19.5 Å². The maximum atomic E-state index is 11.6. The zero-order chi connectivity index (χ0) is 11.1. The van der Waals surface area contributed by atoms with Crippen molar-refractivity contribution in [1.29, 1.82) is 0 Å². The number of urea groups is 1.